The fourth-order valence-electron chi connectivity index (χ4n) is 2.41. The maximum atomic E-state index is 6.21. The number of hydrogen-bond donors (Lipinski definition) is 1. The van der Waals surface area contributed by atoms with E-state index in [0.29, 0.717) is 0 Å². The number of benzene rings is 1. The van der Waals surface area contributed by atoms with Crippen molar-refractivity contribution < 1.29 is 0 Å². The highest BCUT2D eigenvalue weighted by molar-refractivity contribution is 5.59. The SMILES string of the molecule is CN1CCCc2c1cccc2C(C)(C)N. The first-order chi connectivity index (χ1) is 7.00. The molecule has 2 nitrogen and oxygen atoms in total. The van der Waals surface area contributed by atoms with Crippen molar-refractivity contribution >= 4 is 5.69 Å². The maximum absolute atomic E-state index is 6.21. The van der Waals surface area contributed by atoms with Crippen molar-refractivity contribution in [3.63, 3.8) is 0 Å². The van der Waals surface area contributed by atoms with Crippen LogP contribution in [0.1, 0.15) is 31.4 Å². The van der Waals surface area contributed by atoms with E-state index in [4.69, 9.17) is 5.73 Å². The second kappa shape index (κ2) is 3.53. The van der Waals surface area contributed by atoms with E-state index in [-0.39, 0.29) is 5.54 Å². The second-order valence-electron chi connectivity index (χ2n) is 5.05. The van der Waals surface area contributed by atoms with Crippen molar-refractivity contribution in [2.45, 2.75) is 32.2 Å². The van der Waals surface area contributed by atoms with Gasteiger partial charge in [0.25, 0.3) is 0 Å². The van der Waals surface area contributed by atoms with E-state index in [9.17, 15) is 0 Å². The highest BCUT2D eigenvalue weighted by Gasteiger charge is 2.23. The molecular weight excluding hydrogens is 184 g/mol. The van der Waals surface area contributed by atoms with E-state index in [0.717, 1.165) is 13.0 Å². The summed E-state index contributed by atoms with van der Waals surface area (Å²) in [6, 6.07) is 6.48. The Kier molecular flexibility index (Phi) is 2.47. The van der Waals surface area contributed by atoms with Gasteiger partial charge in [-0.25, -0.2) is 0 Å². The van der Waals surface area contributed by atoms with Crippen LogP contribution in [-0.2, 0) is 12.0 Å². The molecule has 1 aliphatic heterocycles. The van der Waals surface area contributed by atoms with Crippen molar-refractivity contribution in [3.8, 4) is 0 Å². The van der Waals surface area contributed by atoms with Crippen LogP contribution >= 0.6 is 0 Å². The molecule has 2 heteroatoms. The normalized spacial score (nSPS) is 16.4. The van der Waals surface area contributed by atoms with E-state index in [1.165, 1.54) is 23.2 Å². The van der Waals surface area contributed by atoms with Crippen molar-refractivity contribution in [2.24, 2.45) is 5.73 Å². The fraction of sp³-hybridized carbons (Fsp3) is 0.538. The van der Waals surface area contributed by atoms with Crippen LogP contribution in [0.4, 0.5) is 5.69 Å². The Morgan fingerprint density at radius 2 is 2.07 bits per heavy atom. The highest BCUT2D eigenvalue weighted by Crippen LogP contribution is 2.33. The monoisotopic (exact) mass is 204 g/mol. The van der Waals surface area contributed by atoms with Gasteiger partial charge < -0.3 is 10.6 Å². The molecule has 1 aromatic carbocycles. The molecule has 0 fully saturated rings. The molecule has 0 atom stereocenters. The van der Waals surface area contributed by atoms with Crippen LogP contribution in [0.15, 0.2) is 18.2 Å². The van der Waals surface area contributed by atoms with Gasteiger partial charge in [-0.05, 0) is 43.9 Å². The third-order valence-corrected chi connectivity index (χ3v) is 3.18. The van der Waals surface area contributed by atoms with E-state index in [1.54, 1.807) is 0 Å². The Labute approximate surface area is 92.1 Å². The quantitative estimate of drug-likeness (QED) is 0.760. The van der Waals surface area contributed by atoms with Gasteiger partial charge in [0.05, 0.1) is 0 Å². The fourth-order valence-corrected chi connectivity index (χ4v) is 2.41. The molecule has 0 bridgehead atoms. The molecule has 0 saturated heterocycles. The molecule has 0 amide bonds. The van der Waals surface area contributed by atoms with Crippen LogP contribution in [0.25, 0.3) is 0 Å². The first kappa shape index (κ1) is 10.5. The molecule has 0 aromatic heterocycles. The number of rotatable bonds is 1. The third kappa shape index (κ3) is 1.86. The molecule has 1 heterocycles. The summed E-state index contributed by atoms with van der Waals surface area (Å²) in [5.74, 6) is 0. The van der Waals surface area contributed by atoms with Gasteiger partial charge in [-0.1, -0.05) is 12.1 Å². The van der Waals surface area contributed by atoms with Crippen LogP contribution in [0.3, 0.4) is 0 Å². The summed E-state index contributed by atoms with van der Waals surface area (Å²) in [6.45, 7) is 5.32. The van der Waals surface area contributed by atoms with Crippen molar-refractivity contribution in [2.75, 3.05) is 18.5 Å². The smallest absolute Gasteiger partial charge is 0.0399 e. The lowest BCUT2D eigenvalue weighted by Gasteiger charge is -2.32. The lowest BCUT2D eigenvalue weighted by molar-refractivity contribution is 0.543. The molecule has 0 unspecified atom stereocenters. The predicted molar refractivity (Wildman–Crippen MR) is 65.2 cm³/mol. The lowest BCUT2D eigenvalue weighted by atomic mass is 9.86. The number of nitrogens with zero attached hydrogens (tertiary/aromatic N) is 1. The number of fused-ring (bicyclic) bond motifs is 1. The molecule has 82 valence electrons. The number of hydrogen-bond acceptors (Lipinski definition) is 2. The summed E-state index contributed by atoms with van der Waals surface area (Å²) >= 11 is 0. The number of anilines is 1. The summed E-state index contributed by atoms with van der Waals surface area (Å²) in [6.07, 6.45) is 2.40. The second-order valence-corrected chi connectivity index (χ2v) is 5.05. The molecule has 2 N–H and O–H groups in total. The van der Waals surface area contributed by atoms with Crippen LogP contribution in [0.2, 0.25) is 0 Å². The summed E-state index contributed by atoms with van der Waals surface area (Å²) in [5, 5.41) is 0. The average Bonchev–Trinajstić information content (AvgIpc) is 2.16. The molecule has 2 rings (SSSR count). The minimum atomic E-state index is -0.233. The molecule has 0 radical (unpaired) electrons. The zero-order chi connectivity index (χ0) is 11.1. The van der Waals surface area contributed by atoms with Crippen molar-refractivity contribution in [1.29, 1.82) is 0 Å². The van der Waals surface area contributed by atoms with E-state index in [2.05, 4.69) is 44.0 Å². The molecule has 0 spiro atoms. The topological polar surface area (TPSA) is 29.3 Å². The molecule has 15 heavy (non-hydrogen) atoms. The first-order valence-corrected chi connectivity index (χ1v) is 5.62. The zero-order valence-corrected chi connectivity index (χ0v) is 9.88. The molecule has 1 aliphatic rings. The van der Waals surface area contributed by atoms with Gasteiger partial charge in [0, 0.05) is 24.8 Å². The Morgan fingerprint density at radius 1 is 1.33 bits per heavy atom. The van der Waals surface area contributed by atoms with E-state index >= 15 is 0 Å². The Morgan fingerprint density at radius 3 is 2.73 bits per heavy atom. The van der Waals surface area contributed by atoms with Gasteiger partial charge >= 0.3 is 0 Å². The largest absolute Gasteiger partial charge is 0.374 e. The first-order valence-electron chi connectivity index (χ1n) is 5.62. The predicted octanol–water partition coefficient (Wildman–Crippen LogP) is 2.26. The average molecular weight is 204 g/mol. The van der Waals surface area contributed by atoms with Gasteiger partial charge in [0.1, 0.15) is 0 Å². The minimum absolute atomic E-state index is 0.233. The minimum Gasteiger partial charge on any atom is -0.374 e. The maximum Gasteiger partial charge on any atom is 0.0399 e. The Bertz CT molecular complexity index is 363. The molecule has 0 saturated carbocycles. The van der Waals surface area contributed by atoms with Crippen LogP contribution in [0, 0.1) is 0 Å². The summed E-state index contributed by atoms with van der Waals surface area (Å²) < 4.78 is 0. The van der Waals surface area contributed by atoms with Gasteiger partial charge in [-0.15, -0.1) is 0 Å². The van der Waals surface area contributed by atoms with Gasteiger partial charge in [-0.2, -0.15) is 0 Å². The summed E-state index contributed by atoms with van der Waals surface area (Å²) in [4.78, 5) is 2.33. The summed E-state index contributed by atoms with van der Waals surface area (Å²) in [7, 11) is 2.16. The van der Waals surface area contributed by atoms with Gasteiger partial charge in [0.15, 0.2) is 0 Å². The lowest BCUT2D eigenvalue weighted by Crippen LogP contribution is -2.33. The van der Waals surface area contributed by atoms with Crippen LogP contribution in [-0.4, -0.2) is 13.6 Å². The van der Waals surface area contributed by atoms with E-state index in [1.807, 2.05) is 0 Å². The Hall–Kier alpha value is -1.02. The number of nitrogens with two attached hydrogens (primary N) is 1. The summed E-state index contributed by atoms with van der Waals surface area (Å²) in [5.41, 5.74) is 10.1. The van der Waals surface area contributed by atoms with Gasteiger partial charge in [0.2, 0.25) is 0 Å². The standard InChI is InChI=1S/C13H20N2/c1-13(2,14)11-7-4-8-12-10(11)6-5-9-15(12)3/h4,7-8H,5-6,9,14H2,1-3H3. The van der Waals surface area contributed by atoms with Crippen LogP contribution < -0.4 is 10.6 Å². The molecule has 1 aromatic rings. The third-order valence-electron chi connectivity index (χ3n) is 3.18. The van der Waals surface area contributed by atoms with Gasteiger partial charge in [-0.3, -0.25) is 0 Å². The Balaban J connectivity index is 2.54. The van der Waals surface area contributed by atoms with Crippen molar-refractivity contribution in [1.82, 2.24) is 0 Å². The molecular formula is C13H20N2. The molecule has 0 aliphatic carbocycles. The van der Waals surface area contributed by atoms with E-state index < -0.39 is 0 Å². The van der Waals surface area contributed by atoms with Crippen molar-refractivity contribution in [3.05, 3.63) is 29.3 Å². The highest BCUT2D eigenvalue weighted by atomic mass is 15.1. The van der Waals surface area contributed by atoms with Crippen LogP contribution in [0.5, 0.6) is 0 Å². The zero-order valence-electron chi connectivity index (χ0n) is 9.88.